The van der Waals surface area contributed by atoms with Crippen molar-refractivity contribution in [1.29, 1.82) is 0 Å². The molecule has 1 aliphatic rings. The first kappa shape index (κ1) is 9.39. The molecule has 2 N–H and O–H groups in total. The number of rotatable bonds is 1. The van der Waals surface area contributed by atoms with Crippen molar-refractivity contribution < 1.29 is 8.42 Å². The van der Waals surface area contributed by atoms with Gasteiger partial charge in [0.2, 0.25) is 0 Å². The minimum atomic E-state index is -3.01. The first-order chi connectivity index (χ1) is 6.59. The molecule has 0 saturated carbocycles. The number of hydrogen-bond acceptors (Lipinski definition) is 5. The van der Waals surface area contributed by atoms with Crippen LogP contribution in [0.1, 0.15) is 23.8 Å². The molecule has 0 aromatic carbocycles. The fourth-order valence-electron chi connectivity index (χ4n) is 1.68. The second-order valence-electron chi connectivity index (χ2n) is 3.41. The summed E-state index contributed by atoms with van der Waals surface area (Å²) < 4.78 is 23.1. The monoisotopic (exact) mass is 213 g/mol. The van der Waals surface area contributed by atoms with Crippen molar-refractivity contribution in [1.82, 2.24) is 10.2 Å². The van der Waals surface area contributed by atoms with Crippen LogP contribution in [0, 0.1) is 0 Å². The van der Waals surface area contributed by atoms with Crippen LogP contribution in [-0.4, -0.2) is 24.4 Å². The first-order valence-corrected chi connectivity index (χ1v) is 6.11. The van der Waals surface area contributed by atoms with Gasteiger partial charge in [-0.15, -0.1) is 0 Å². The Morgan fingerprint density at radius 2 is 2.29 bits per heavy atom. The van der Waals surface area contributed by atoms with E-state index in [-0.39, 0.29) is 5.75 Å². The highest BCUT2D eigenvalue weighted by molar-refractivity contribution is 7.91. The zero-order valence-electron chi connectivity index (χ0n) is 7.55. The summed E-state index contributed by atoms with van der Waals surface area (Å²) >= 11 is 0. The summed E-state index contributed by atoms with van der Waals surface area (Å²) in [7, 11) is -3.01. The zero-order chi connectivity index (χ0) is 10.2. The largest absolute Gasteiger partial charge is 0.397 e. The SMILES string of the molecule is Nc1cnnc(C2CCCS2(=O)=O)c1. The number of aromatic nitrogens is 2. The molecule has 76 valence electrons. The molecule has 1 aliphatic heterocycles. The molecule has 1 unspecified atom stereocenters. The maximum Gasteiger partial charge on any atom is 0.158 e. The van der Waals surface area contributed by atoms with Crippen LogP contribution in [0.25, 0.3) is 0 Å². The smallest absolute Gasteiger partial charge is 0.158 e. The van der Waals surface area contributed by atoms with Crippen molar-refractivity contribution in [2.24, 2.45) is 0 Å². The number of sulfone groups is 1. The van der Waals surface area contributed by atoms with Gasteiger partial charge in [-0.3, -0.25) is 0 Å². The van der Waals surface area contributed by atoms with Gasteiger partial charge in [0.25, 0.3) is 0 Å². The van der Waals surface area contributed by atoms with E-state index in [1.807, 2.05) is 0 Å². The fraction of sp³-hybridized carbons (Fsp3) is 0.500. The lowest BCUT2D eigenvalue weighted by molar-refractivity contribution is 0.590. The van der Waals surface area contributed by atoms with Crippen molar-refractivity contribution in [3.8, 4) is 0 Å². The Morgan fingerprint density at radius 1 is 1.50 bits per heavy atom. The van der Waals surface area contributed by atoms with Crippen LogP contribution in [0.2, 0.25) is 0 Å². The molecular formula is C8H11N3O2S. The van der Waals surface area contributed by atoms with E-state index in [1.165, 1.54) is 6.20 Å². The maximum atomic E-state index is 11.6. The van der Waals surface area contributed by atoms with E-state index in [9.17, 15) is 8.42 Å². The lowest BCUT2D eigenvalue weighted by atomic mass is 10.2. The third-order valence-corrected chi connectivity index (χ3v) is 4.55. The molecule has 1 aromatic heterocycles. The first-order valence-electron chi connectivity index (χ1n) is 4.39. The third-order valence-electron chi connectivity index (χ3n) is 2.35. The molecule has 1 saturated heterocycles. The van der Waals surface area contributed by atoms with E-state index in [0.717, 1.165) is 0 Å². The quantitative estimate of drug-likeness (QED) is 0.725. The Bertz CT molecular complexity index is 444. The maximum absolute atomic E-state index is 11.6. The third kappa shape index (κ3) is 1.57. The van der Waals surface area contributed by atoms with E-state index in [4.69, 9.17) is 5.73 Å². The average Bonchev–Trinajstić information content (AvgIpc) is 2.45. The molecule has 1 fully saturated rings. The minimum Gasteiger partial charge on any atom is -0.397 e. The number of hydrogen-bond donors (Lipinski definition) is 1. The number of nitrogens with zero attached hydrogens (tertiary/aromatic N) is 2. The van der Waals surface area contributed by atoms with Gasteiger partial charge < -0.3 is 5.73 Å². The minimum absolute atomic E-state index is 0.244. The molecule has 2 rings (SSSR count). The Kier molecular flexibility index (Phi) is 2.14. The van der Waals surface area contributed by atoms with E-state index in [0.29, 0.717) is 24.2 Å². The van der Waals surface area contributed by atoms with Gasteiger partial charge in [-0.05, 0) is 18.9 Å². The van der Waals surface area contributed by atoms with Crippen LogP contribution in [0.5, 0.6) is 0 Å². The van der Waals surface area contributed by atoms with Crippen LogP contribution >= 0.6 is 0 Å². The van der Waals surface area contributed by atoms with Gasteiger partial charge in [0, 0.05) is 0 Å². The van der Waals surface area contributed by atoms with Crippen LogP contribution in [0.3, 0.4) is 0 Å². The van der Waals surface area contributed by atoms with Crippen molar-refractivity contribution >= 4 is 15.5 Å². The lowest BCUT2D eigenvalue weighted by Gasteiger charge is -2.07. The van der Waals surface area contributed by atoms with Crippen molar-refractivity contribution in [3.63, 3.8) is 0 Å². The molecule has 0 amide bonds. The summed E-state index contributed by atoms with van der Waals surface area (Å²) in [5, 5.41) is 6.96. The number of anilines is 1. The molecule has 6 heteroatoms. The Balaban J connectivity index is 2.41. The molecule has 2 heterocycles. The van der Waals surface area contributed by atoms with E-state index in [1.54, 1.807) is 6.07 Å². The predicted octanol–water partition coefficient (Wildman–Crippen LogP) is 0.308. The highest BCUT2D eigenvalue weighted by atomic mass is 32.2. The Hall–Kier alpha value is -1.17. The molecule has 5 nitrogen and oxygen atoms in total. The van der Waals surface area contributed by atoms with Crippen LogP contribution in [0.15, 0.2) is 12.3 Å². The number of nitrogens with two attached hydrogens (primary N) is 1. The molecule has 1 atom stereocenters. The summed E-state index contributed by atoms with van der Waals surface area (Å²) in [6, 6.07) is 1.58. The van der Waals surface area contributed by atoms with Gasteiger partial charge in [0.05, 0.1) is 23.3 Å². The molecule has 0 radical (unpaired) electrons. The lowest BCUT2D eigenvalue weighted by Crippen LogP contribution is -2.10. The second-order valence-corrected chi connectivity index (χ2v) is 5.71. The van der Waals surface area contributed by atoms with Crippen molar-refractivity contribution in [3.05, 3.63) is 18.0 Å². The molecule has 0 spiro atoms. The van der Waals surface area contributed by atoms with Crippen molar-refractivity contribution in [2.45, 2.75) is 18.1 Å². The summed E-state index contributed by atoms with van der Waals surface area (Å²) in [6.07, 6.45) is 2.73. The second kappa shape index (κ2) is 3.20. The zero-order valence-corrected chi connectivity index (χ0v) is 8.37. The summed E-state index contributed by atoms with van der Waals surface area (Å²) in [5.74, 6) is 0.244. The van der Waals surface area contributed by atoms with E-state index < -0.39 is 15.1 Å². The molecule has 1 aromatic rings. The van der Waals surface area contributed by atoms with Gasteiger partial charge in [-0.2, -0.15) is 10.2 Å². The predicted molar refractivity (Wildman–Crippen MR) is 52.2 cm³/mol. The summed E-state index contributed by atoms with van der Waals surface area (Å²) in [5.41, 5.74) is 6.45. The van der Waals surface area contributed by atoms with Crippen LogP contribution in [-0.2, 0) is 9.84 Å². The van der Waals surface area contributed by atoms with Crippen LogP contribution in [0.4, 0.5) is 5.69 Å². The van der Waals surface area contributed by atoms with Crippen molar-refractivity contribution in [2.75, 3.05) is 11.5 Å². The van der Waals surface area contributed by atoms with E-state index in [2.05, 4.69) is 10.2 Å². The van der Waals surface area contributed by atoms with Crippen LogP contribution < -0.4 is 5.73 Å². The Morgan fingerprint density at radius 3 is 2.86 bits per heavy atom. The standard InChI is InChI=1S/C8H11N3O2S/c9-6-4-7(11-10-5-6)8-2-1-3-14(8,12)13/h4-5,8H,1-3H2,(H2,9,11). The molecule has 0 bridgehead atoms. The van der Waals surface area contributed by atoms with Gasteiger partial charge in [0.1, 0.15) is 5.25 Å². The fourth-order valence-corrected chi connectivity index (χ4v) is 3.54. The van der Waals surface area contributed by atoms with Gasteiger partial charge >= 0.3 is 0 Å². The van der Waals surface area contributed by atoms with E-state index >= 15 is 0 Å². The van der Waals surface area contributed by atoms with Gasteiger partial charge in [-0.25, -0.2) is 8.42 Å². The summed E-state index contributed by atoms with van der Waals surface area (Å²) in [4.78, 5) is 0. The van der Waals surface area contributed by atoms with Gasteiger partial charge in [0.15, 0.2) is 9.84 Å². The Labute approximate surface area is 82.3 Å². The topological polar surface area (TPSA) is 85.9 Å². The highest BCUT2D eigenvalue weighted by Crippen LogP contribution is 2.33. The number of nitrogen functional groups attached to an aromatic ring is 1. The molecular weight excluding hydrogens is 202 g/mol. The highest BCUT2D eigenvalue weighted by Gasteiger charge is 2.33. The van der Waals surface area contributed by atoms with Gasteiger partial charge in [-0.1, -0.05) is 0 Å². The summed E-state index contributed by atoms with van der Waals surface area (Å²) in [6.45, 7) is 0. The normalized spacial score (nSPS) is 25.0. The average molecular weight is 213 g/mol. The molecule has 0 aliphatic carbocycles. The molecule has 14 heavy (non-hydrogen) atoms.